The second-order valence-corrected chi connectivity index (χ2v) is 4.27. The van der Waals surface area contributed by atoms with Crippen molar-refractivity contribution >= 4 is 0 Å². The van der Waals surface area contributed by atoms with Crippen LogP contribution in [0, 0.1) is 6.92 Å². The normalized spacial score (nSPS) is 28.9. The molecule has 0 radical (unpaired) electrons. The second-order valence-electron chi connectivity index (χ2n) is 4.27. The fourth-order valence-corrected chi connectivity index (χ4v) is 1.76. The van der Waals surface area contributed by atoms with Crippen molar-refractivity contribution in [2.24, 2.45) is 0 Å². The third-order valence-electron chi connectivity index (χ3n) is 3.15. The molecule has 0 saturated carbocycles. The van der Waals surface area contributed by atoms with Crippen LogP contribution in [0.3, 0.4) is 0 Å². The predicted octanol–water partition coefficient (Wildman–Crippen LogP) is 0.780. The van der Waals surface area contributed by atoms with Crippen LogP contribution in [-0.2, 0) is 16.9 Å². The quantitative estimate of drug-likeness (QED) is 0.683. The van der Waals surface area contributed by atoms with Gasteiger partial charge in [0.1, 0.15) is 11.4 Å². The Kier molecular flexibility index (Phi) is 2.32. The van der Waals surface area contributed by atoms with Crippen LogP contribution in [0.2, 0.25) is 0 Å². The Labute approximate surface area is 92.3 Å². The maximum absolute atomic E-state index is 11.4. The highest BCUT2D eigenvalue weighted by Gasteiger charge is 2.41. The summed E-state index contributed by atoms with van der Waals surface area (Å²) < 4.78 is 10.4. The molecule has 1 aliphatic heterocycles. The lowest BCUT2D eigenvalue weighted by Gasteiger charge is -2.35. The topological polar surface area (TPSA) is 79.9 Å². The minimum Gasteiger partial charge on any atom is -0.507 e. The summed E-state index contributed by atoms with van der Waals surface area (Å²) in [4.78, 5) is 11.4. The van der Waals surface area contributed by atoms with Gasteiger partial charge in [-0.1, -0.05) is 0 Å². The molecule has 2 heterocycles. The average Bonchev–Trinajstić information content (AvgIpc) is 2.22. The van der Waals surface area contributed by atoms with Crippen LogP contribution in [0.4, 0.5) is 0 Å². The lowest BCUT2D eigenvalue weighted by molar-refractivity contribution is -0.131. The molecule has 0 fully saturated rings. The molecule has 5 heteroatoms. The van der Waals surface area contributed by atoms with E-state index in [1.54, 1.807) is 6.92 Å². The Morgan fingerprint density at radius 3 is 2.75 bits per heavy atom. The van der Waals surface area contributed by atoms with E-state index in [0.717, 1.165) is 0 Å². The molecule has 0 spiro atoms. The van der Waals surface area contributed by atoms with E-state index in [4.69, 9.17) is 9.15 Å². The fourth-order valence-electron chi connectivity index (χ4n) is 1.76. The Bertz CT molecular complexity index is 486. The summed E-state index contributed by atoms with van der Waals surface area (Å²) in [5, 5.41) is 20.0. The molecule has 0 unspecified atom stereocenters. The zero-order chi connectivity index (χ0) is 12.1. The number of aliphatic hydroxyl groups is 1. The van der Waals surface area contributed by atoms with Crippen molar-refractivity contribution in [2.45, 2.75) is 39.1 Å². The molecule has 5 nitrogen and oxygen atoms in total. The number of hydrogen-bond donors (Lipinski definition) is 2. The Balaban J connectivity index is 2.74. The Hall–Kier alpha value is -1.33. The smallest absolute Gasteiger partial charge is 0.342 e. The summed E-state index contributed by atoms with van der Waals surface area (Å²) in [6.07, 6.45) is -0.495. The van der Waals surface area contributed by atoms with Gasteiger partial charge in [-0.3, -0.25) is 0 Å². The Morgan fingerprint density at radius 1 is 1.50 bits per heavy atom. The molecule has 1 aliphatic rings. The highest BCUT2D eigenvalue weighted by atomic mass is 16.5. The number of ether oxygens (including phenoxy) is 1. The van der Waals surface area contributed by atoms with Crippen molar-refractivity contribution in [2.75, 3.05) is 0 Å². The van der Waals surface area contributed by atoms with Gasteiger partial charge < -0.3 is 19.4 Å². The van der Waals surface area contributed by atoms with Gasteiger partial charge in [0, 0.05) is 0 Å². The maximum Gasteiger partial charge on any atom is 0.342 e. The molecule has 88 valence electrons. The van der Waals surface area contributed by atoms with E-state index in [9.17, 15) is 15.0 Å². The molecule has 0 amide bonds. The van der Waals surface area contributed by atoms with Crippen molar-refractivity contribution in [3.63, 3.8) is 0 Å². The summed E-state index contributed by atoms with van der Waals surface area (Å²) in [5.41, 5.74) is -1.56. The summed E-state index contributed by atoms with van der Waals surface area (Å²) in [6.45, 7) is 4.77. The highest BCUT2D eigenvalue weighted by molar-refractivity contribution is 5.41. The first kappa shape index (κ1) is 11.2. The van der Waals surface area contributed by atoms with Gasteiger partial charge in [0.15, 0.2) is 5.76 Å². The van der Waals surface area contributed by atoms with Gasteiger partial charge in [-0.15, -0.1) is 0 Å². The predicted molar refractivity (Wildman–Crippen MR) is 55.2 cm³/mol. The molecular formula is C11H14O5. The van der Waals surface area contributed by atoms with E-state index in [-0.39, 0.29) is 23.7 Å². The second kappa shape index (κ2) is 3.33. The minimum atomic E-state index is -1.40. The van der Waals surface area contributed by atoms with E-state index in [0.29, 0.717) is 5.56 Å². The first-order valence-electron chi connectivity index (χ1n) is 5.05. The van der Waals surface area contributed by atoms with Gasteiger partial charge in [-0.05, 0) is 20.8 Å². The highest BCUT2D eigenvalue weighted by Crippen LogP contribution is 2.38. The van der Waals surface area contributed by atoms with E-state index < -0.39 is 17.3 Å². The minimum absolute atomic E-state index is 0.0966. The molecule has 16 heavy (non-hydrogen) atoms. The van der Waals surface area contributed by atoms with Gasteiger partial charge in [0.25, 0.3) is 0 Å². The first-order valence-corrected chi connectivity index (χ1v) is 5.05. The van der Waals surface area contributed by atoms with Crippen LogP contribution in [0.25, 0.3) is 0 Å². The van der Waals surface area contributed by atoms with E-state index in [1.165, 1.54) is 13.8 Å². The van der Waals surface area contributed by atoms with Crippen LogP contribution >= 0.6 is 0 Å². The first-order chi connectivity index (χ1) is 7.35. The van der Waals surface area contributed by atoms with Gasteiger partial charge in [0.05, 0.1) is 23.8 Å². The van der Waals surface area contributed by atoms with Gasteiger partial charge >= 0.3 is 5.63 Å². The molecular weight excluding hydrogens is 212 g/mol. The summed E-state index contributed by atoms with van der Waals surface area (Å²) in [7, 11) is 0. The zero-order valence-electron chi connectivity index (χ0n) is 9.40. The molecule has 2 N–H and O–H groups in total. The molecule has 2 rings (SSSR count). The van der Waals surface area contributed by atoms with Gasteiger partial charge in [-0.2, -0.15) is 0 Å². The van der Waals surface area contributed by atoms with Crippen molar-refractivity contribution < 1.29 is 19.4 Å². The zero-order valence-corrected chi connectivity index (χ0v) is 9.40. The van der Waals surface area contributed by atoms with Crippen molar-refractivity contribution in [1.82, 2.24) is 0 Å². The molecule has 1 aromatic heterocycles. The molecule has 1 aromatic rings. The molecule has 0 aromatic carbocycles. The van der Waals surface area contributed by atoms with E-state index in [2.05, 4.69) is 0 Å². The third-order valence-corrected chi connectivity index (χ3v) is 3.15. The van der Waals surface area contributed by atoms with E-state index >= 15 is 0 Å². The van der Waals surface area contributed by atoms with Crippen molar-refractivity contribution in [3.05, 3.63) is 27.3 Å². The van der Waals surface area contributed by atoms with E-state index in [1.807, 2.05) is 0 Å². The van der Waals surface area contributed by atoms with Crippen LogP contribution < -0.4 is 5.63 Å². The van der Waals surface area contributed by atoms with Crippen molar-refractivity contribution in [1.29, 1.82) is 0 Å². The lowest BCUT2D eigenvalue weighted by atomic mass is 9.90. The van der Waals surface area contributed by atoms with Gasteiger partial charge in [0.2, 0.25) is 0 Å². The molecule has 0 aliphatic carbocycles. The molecule has 0 saturated heterocycles. The molecule has 0 bridgehead atoms. The van der Waals surface area contributed by atoms with Gasteiger partial charge in [-0.25, -0.2) is 4.79 Å². The average molecular weight is 226 g/mol. The fraction of sp³-hybridized carbons (Fsp3) is 0.545. The number of rotatable bonds is 0. The number of aromatic hydroxyl groups is 1. The monoisotopic (exact) mass is 226 g/mol. The molecule has 2 atom stereocenters. The number of hydrogen-bond acceptors (Lipinski definition) is 5. The summed E-state index contributed by atoms with van der Waals surface area (Å²) in [6, 6.07) is 0. The van der Waals surface area contributed by atoms with Crippen LogP contribution in [-0.4, -0.2) is 16.3 Å². The van der Waals surface area contributed by atoms with Crippen LogP contribution in [0.1, 0.15) is 30.7 Å². The number of fused-ring (bicyclic) bond motifs is 1. The lowest BCUT2D eigenvalue weighted by Crippen LogP contribution is -2.41. The Morgan fingerprint density at radius 2 is 2.12 bits per heavy atom. The summed E-state index contributed by atoms with van der Waals surface area (Å²) >= 11 is 0. The third kappa shape index (κ3) is 1.36. The van der Waals surface area contributed by atoms with Crippen LogP contribution in [0.5, 0.6) is 5.75 Å². The maximum atomic E-state index is 11.4. The largest absolute Gasteiger partial charge is 0.507 e. The SMILES string of the molecule is Cc1c(O)c2c(oc1=O)[C@](C)(O)[C@@H](C)OC2. The van der Waals surface area contributed by atoms with Crippen LogP contribution in [0.15, 0.2) is 9.21 Å². The summed E-state index contributed by atoms with van der Waals surface area (Å²) in [5.74, 6) is -0.0576. The standard InChI is InChI=1S/C11H14O5/c1-5-8(12)7-4-15-6(2)11(3,14)9(7)16-10(5)13/h6,12,14H,4H2,1-3H3/t6-,11-/m1/s1. The van der Waals surface area contributed by atoms with Crippen molar-refractivity contribution in [3.8, 4) is 5.75 Å².